The van der Waals surface area contributed by atoms with Gasteiger partial charge >= 0.3 is 0 Å². The number of allylic oxidation sites excluding steroid dienone is 1. The van der Waals surface area contributed by atoms with E-state index in [0.717, 1.165) is 44.9 Å². The Labute approximate surface area is 122 Å². The molecule has 0 aliphatic heterocycles. The van der Waals surface area contributed by atoms with Crippen LogP contribution in [0.5, 0.6) is 0 Å². The highest BCUT2D eigenvalue weighted by molar-refractivity contribution is 5.79. The second kappa shape index (κ2) is 10.0. The van der Waals surface area contributed by atoms with Crippen LogP contribution in [0.15, 0.2) is 42.2 Å². The standard InChI is InChI=1S/C16H26N4/c1-4-6-7-13-20(3)16(18-5-2)19-12-10-15-9-8-11-17-14-15/h4,8-9,11,14H,1,5-7,10,12-13H2,2-3H3,(H,18,19). The fourth-order valence-electron chi connectivity index (χ4n) is 1.89. The highest BCUT2D eigenvalue weighted by Crippen LogP contribution is 1.99. The first-order chi connectivity index (χ1) is 9.77. The molecule has 1 aromatic heterocycles. The van der Waals surface area contributed by atoms with Crippen molar-refractivity contribution in [1.29, 1.82) is 0 Å². The number of aliphatic imine (C=N–C) groups is 1. The van der Waals surface area contributed by atoms with Crippen LogP contribution in [0.4, 0.5) is 0 Å². The molecule has 0 spiro atoms. The van der Waals surface area contributed by atoms with Crippen molar-refractivity contribution < 1.29 is 0 Å². The van der Waals surface area contributed by atoms with Crippen LogP contribution >= 0.6 is 0 Å². The van der Waals surface area contributed by atoms with E-state index in [1.807, 2.05) is 18.3 Å². The Bertz CT molecular complexity index is 400. The average Bonchev–Trinajstić information content (AvgIpc) is 2.47. The third-order valence-corrected chi connectivity index (χ3v) is 2.98. The quantitative estimate of drug-likeness (QED) is 0.343. The SMILES string of the molecule is C=CCCCN(C)C(=NCCc1cccnc1)NCC. The molecule has 0 atom stereocenters. The normalized spacial score (nSPS) is 11.2. The zero-order valence-corrected chi connectivity index (χ0v) is 12.7. The maximum absolute atomic E-state index is 4.67. The number of hydrogen-bond acceptors (Lipinski definition) is 2. The van der Waals surface area contributed by atoms with Crippen molar-refractivity contribution in [3.63, 3.8) is 0 Å². The summed E-state index contributed by atoms with van der Waals surface area (Å²) in [5.41, 5.74) is 1.22. The topological polar surface area (TPSA) is 40.5 Å². The Balaban J connectivity index is 2.46. The first-order valence-electron chi connectivity index (χ1n) is 7.27. The number of aromatic nitrogens is 1. The molecule has 0 fully saturated rings. The van der Waals surface area contributed by atoms with Gasteiger partial charge in [-0.3, -0.25) is 9.98 Å². The van der Waals surface area contributed by atoms with Crippen molar-refractivity contribution >= 4 is 5.96 Å². The van der Waals surface area contributed by atoms with E-state index in [2.05, 4.69) is 46.8 Å². The number of nitrogens with one attached hydrogen (secondary N) is 1. The van der Waals surface area contributed by atoms with Crippen LogP contribution in [0, 0.1) is 0 Å². The molecule has 1 aromatic rings. The van der Waals surface area contributed by atoms with Gasteiger partial charge in [0.05, 0.1) is 0 Å². The molecule has 4 nitrogen and oxygen atoms in total. The molecule has 4 heteroatoms. The van der Waals surface area contributed by atoms with Gasteiger partial charge in [0.25, 0.3) is 0 Å². The predicted molar refractivity (Wildman–Crippen MR) is 86.0 cm³/mol. The number of pyridine rings is 1. The highest BCUT2D eigenvalue weighted by Gasteiger charge is 2.04. The van der Waals surface area contributed by atoms with Gasteiger partial charge in [-0.15, -0.1) is 6.58 Å². The number of guanidine groups is 1. The smallest absolute Gasteiger partial charge is 0.193 e. The molecule has 1 heterocycles. The van der Waals surface area contributed by atoms with Crippen molar-refractivity contribution in [2.24, 2.45) is 4.99 Å². The summed E-state index contributed by atoms with van der Waals surface area (Å²) in [6.07, 6.45) is 8.72. The van der Waals surface area contributed by atoms with Crippen molar-refractivity contribution in [3.05, 3.63) is 42.7 Å². The summed E-state index contributed by atoms with van der Waals surface area (Å²) in [5.74, 6) is 0.973. The molecule has 0 aliphatic carbocycles. The first-order valence-corrected chi connectivity index (χ1v) is 7.27. The van der Waals surface area contributed by atoms with Crippen molar-refractivity contribution in [2.45, 2.75) is 26.2 Å². The van der Waals surface area contributed by atoms with Gasteiger partial charge in [0.1, 0.15) is 0 Å². The minimum absolute atomic E-state index is 0.778. The molecule has 0 unspecified atom stereocenters. The summed E-state index contributed by atoms with van der Waals surface area (Å²) in [7, 11) is 2.08. The molecule has 1 rings (SSSR count). The third-order valence-electron chi connectivity index (χ3n) is 2.98. The summed E-state index contributed by atoms with van der Waals surface area (Å²) in [6, 6.07) is 4.05. The lowest BCUT2D eigenvalue weighted by molar-refractivity contribution is 0.470. The van der Waals surface area contributed by atoms with E-state index in [9.17, 15) is 0 Å². The van der Waals surface area contributed by atoms with E-state index in [1.165, 1.54) is 5.56 Å². The van der Waals surface area contributed by atoms with Gasteiger partial charge in [-0.2, -0.15) is 0 Å². The van der Waals surface area contributed by atoms with Crippen LogP contribution in [-0.2, 0) is 6.42 Å². The number of rotatable bonds is 8. The van der Waals surface area contributed by atoms with Gasteiger partial charge in [-0.25, -0.2) is 0 Å². The Hall–Kier alpha value is -1.84. The zero-order chi connectivity index (χ0) is 14.6. The monoisotopic (exact) mass is 274 g/mol. The van der Waals surface area contributed by atoms with E-state index in [4.69, 9.17) is 0 Å². The van der Waals surface area contributed by atoms with E-state index < -0.39 is 0 Å². The summed E-state index contributed by atoms with van der Waals surface area (Å²) >= 11 is 0. The van der Waals surface area contributed by atoms with Crippen molar-refractivity contribution in [1.82, 2.24) is 15.2 Å². The fourth-order valence-corrected chi connectivity index (χ4v) is 1.89. The van der Waals surface area contributed by atoms with E-state index >= 15 is 0 Å². The maximum Gasteiger partial charge on any atom is 0.193 e. The summed E-state index contributed by atoms with van der Waals surface area (Å²) in [4.78, 5) is 11.0. The van der Waals surface area contributed by atoms with Gasteiger partial charge in [0, 0.05) is 39.1 Å². The van der Waals surface area contributed by atoms with Crippen molar-refractivity contribution in [3.8, 4) is 0 Å². The van der Waals surface area contributed by atoms with Crippen LogP contribution in [-0.4, -0.2) is 42.5 Å². The van der Waals surface area contributed by atoms with E-state index in [1.54, 1.807) is 6.20 Å². The molecule has 0 saturated heterocycles. The lowest BCUT2D eigenvalue weighted by Gasteiger charge is -2.21. The second-order valence-corrected chi connectivity index (χ2v) is 4.70. The van der Waals surface area contributed by atoms with Gasteiger partial charge < -0.3 is 10.2 Å². The van der Waals surface area contributed by atoms with E-state index in [0.29, 0.717) is 0 Å². The Kier molecular flexibility index (Phi) is 8.11. The van der Waals surface area contributed by atoms with Gasteiger partial charge in [-0.05, 0) is 37.8 Å². The Morgan fingerprint density at radius 1 is 1.55 bits per heavy atom. The fraction of sp³-hybridized carbons (Fsp3) is 0.500. The van der Waals surface area contributed by atoms with Crippen LogP contribution in [0.3, 0.4) is 0 Å². The summed E-state index contributed by atoms with van der Waals surface area (Å²) < 4.78 is 0. The number of unbranched alkanes of at least 4 members (excludes halogenated alkanes) is 1. The molecular weight excluding hydrogens is 248 g/mol. The molecule has 0 aromatic carbocycles. The van der Waals surface area contributed by atoms with Crippen molar-refractivity contribution in [2.75, 3.05) is 26.7 Å². The summed E-state index contributed by atoms with van der Waals surface area (Å²) in [6.45, 7) is 8.50. The zero-order valence-electron chi connectivity index (χ0n) is 12.7. The van der Waals surface area contributed by atoms with Crippen LogP contribution < -0.4 is 5.32 Å². The molecule has 0 radical (unpaired) electrons. The molecule has 20 heavy (non-hydrogen) atoms. The molecule has 110 valence electrons. The lowest BCUT2D eigenvalue weighted by Crippen LogP contribution is -2.39. The number of nitrogens with zero attached hydrogens (tertiary/aromatic N) is 3. The van der Waals surface area contributed by atoms with Gasteiger partial charge in [-0.1, -0.05) is 12.1 Å². The molecule has 0 aliphatic rings. The largest absolute Gasteiger partial charge is 0.357 e. The van der Waals surface area contributed by atoms with Crippen LogP contribution in [0.25, 0.3) is 0 Å². The predicted octanol–water partition coefficient (Wildman–Crippen LogP) is 2.49. The van der Waals surface area contributed by atoms with E-state index in [-0.39, 0.29) is 0 Å². The molecule has 0 amide bonds. The molecule has 0 bridgehead atoms. The molecule has 1 N–H and O–H groups in total. The van der Waals surface area contributed by atoms with Crippen LogP contribution in [0.2, 0.25) is 0 Å². The lowest BCUT2D eigenvalue weighted by atomic mass is 10.2. The van der Waals surface area contributed by atoms with Gasteiger partial charge in [0.15, 0.2) is 5.96 Å². The third kappa shape index (κ3) is 6.36. The first kappa shape index (κ1) is 16.2. The minimum Gasteiger partial charge on any atom is -0.357 e. The molecule has 0 saturated carbocycles. The second-order valence-electron chi connectivity index (χ2n) is 4.70. The Morgan fingerprint density at radius 2 is 2.40 bits per heavy atom. The number of hydrogen-bond donors (Lipinski definition) is 1. The molecular formula is C16H26N4. The highest BCUT2D eigenvalue weighted by atomic mass is 15.3. The maximum atomic E-state index is 4.67. The van der Waals surface area contributed by atoms with Crippen LogP contribution in [0.1, 0.15) is 25.3 Å². The Morgan fingerprint density at radius 3 is 3.05 bits per heavy atom. The summed E-state index contributed by atoms with van der Waals surface area (Å²) in [5, 5.41) is 3.33. The average molecular weight is 274 g/mol. The minimum atomic E-state index is 0.778. The van der Waals surface area contributed by atoms with Gasteiger partial charge in [0.2, 0.25) is 0 Å².